The van der Waals surface area contributed by atoms with Gasteiger partial charge >= 0.3 is 0 Å². The molecule has 106 valence electrons. The number of rotatable bonds is 3. The number of benzene rings is 1. The highest BCUT2D eigenvalue weighted by atomic mass is 16.1. The van der Waals surface area contributed by atoms with Crippen LogP contribution in [0.25, 0.3) is 10.9 Å². The average Bonchev–Trinajstić information content (AvgIpc) is 2.74. The highest BCUT2D eigenvalue weighted by Crippen LogP contribution is 2.67. The number of fused-ring (bicyclic) bond motifs is 1. The third kappa shape index (κ3) is 1.84. The maximum Gasteiger partial charge on any atom is 0.267 e. The number of hydrogen-bond acceptors (Lipinski definition) is 1. The Labute approximate surface area is 119 Å². The van der Waals surface area contributed by atoms with Crippen LogP contribution in [0, 0.1) is 16.7 Å². The first kappa shape index (κ1) is 13.2. The molecule has 1 heterocycles. The Morgan fingerprint density at radius 1 is 1.20 bits per heavy atom. The van der Waals surface area contributed by atoms with Gasteiger partial charge in [-0.15, -0.1) is 0 Å². The smallest absolute Gasteiger partial charge is 0.267 e. The molecule has 0 radical (unpaired) electrons. The predicted molar refractivity (Wildman–Crippen MR) is 81.7 cm³/mol. The zero-order chi connectivity index (χ0) is 14.5. The molecule has 3 rings (SSSR count). The summed E-state index contributed by atoms with van der Waals surface area (Å²) in [5.74, 6) is 0.531. The van der Waals surface area contributed by atoms with E-state index >= 15 is 0 Å². The van der Waals surface area contributed by atoms with Crippen molar-refractivity contribution in [1.82, 2.24) is 10.3 Å². The number of nitrogens with one attached hydrogen (secondary N) is 2. The summed E-state index contributed by atoms with van der Waals surface area (Å²) in [6.45, 7) is 9.83. The van der Waals surface area contributed by atoms with Crippen LogP contribution in [-0.2, 0) is 0 Å². The Kier molecular flexibility index (Phi) is 2.72. The number of amides is 1. The molecule has 1 aromatic heterocycles. The van der Waals surface area contributed by atoms with Gasteiger partial charge in [0.05, 0.1) is 0 Å². The van der Waals surface area contributed by atoms with Crippen LogP contribution in [0.5, 0.6) is 0 Å². The van der Waals surface area contributed by atoms with Gasteiger partial charge in [-0.25, -0.2) is 0 Å². The van der Waals surface area contributed by atoms with Gasteiger partial charge in [-0.1, -0.05) is 45.9 Å². The van der Waals surface area contributed by atoms with Crippen molar-refractivity contribution in [2.75, 3.05) is 6.54 Å². The Morgan fingerprint density at radius 3 is 2.45 bits per heavy atom. The molecule has 0 bridgehead atoms. The molecule has 1 saturated carbocycles. The van der Waals surface area contributed by atoms with Crippen LogP contribution in [0.1, 0.15) is 38.2 Å². The summed E-state index contributed by atoms with van der Waals surface area (Å²) in [5.41, 5.74) is 2.26. The number of para-hydroxylation sites is 1. The van der Waals surface area contributed by atoms with E-state index in [1.165, 1.54) is 0 Å². The number of H-pyrrole nitrogens is 1. The maximum absolute atomic E-state index is 12.2. The fourth-order valence-electron chi connectivity index (χ4n) is 3.33. The molecule has 0 atom stereocenters. The van der Waals surface area contributed by atoms with E-state index < -0.39 is 0 Å². The third-order valence-electron chi connectivity index (χ3n) is 5.56. The third-order valence-corrected chi connectivity index (χ3v) is 5.56. The van der Waals surface area contributed by atoms with Crippen molar-refractivity contribution in [3.05, 3.63) is 36.0 Å². The SMILES string of the molecule is CC1(C)C(CNC(=O)c2cc3ccccc3[nH]2)C1(C)C. The van der Waals surface area contributed by atoms with Crippen LogP contribution in [0.15, 0.2) is 30.3 Å². The Balaban J connectivity index is 1.68. The minimum Gasteiger partial charge on any atom is -0.351 e. The van der Waals surface area contributed by atoms with Gasteiger partial charge in [-0.2, -0.15) is 0 Å². The molecule has 1 amide bonds. The summed E-state index contributed by atoms with van der Waals surface area (Å²) < 4.78 is 0. The van der Waals surface area contributed by atoms with Crippen molar-refractivity contribution < 1.29 is 4.79 Å². The molecule has 1 aliphatic carbocycles. The van der Waals surface area contributed by atoms with Crippen molar-refractivity contribution in [2.45, 2.75) is 27.7 Å². The molecule has 0 aliphatic heterocycles. The van der Waals surface area contributed by atoms with Gasteiger partial charge in [0.25, 0.3) is 5.91 Å². The summed E-state index contributed by atoms with van der Waals surface area (Å²) in [6, 6.07) is 9.85. The van der Waals surface area contributed by atoms with Gasteiger partial charge in [0.2, 0.25) is 0 Å². The van der Waals surface area contributed by atoms with Gasteiger partial charge in [0.1, 0.15) is 5.69 Å². The summed E-state index contributed by atoms with van der Waals surface area (Å²) in [6.07, 6.45) is 0. The van der Waals surface area contributed by atoms with E-state index in [4.69, 9.17) is 0 Å². The van der Waals surface area contributed by atoms with E-state index in [2.05, 4.69) is 38.0 Å². The Morgan fingerprint density at radius 2 is 1.85 bits per heavy atom. The van der Waals surface area contributed by atoms with Crippen LogP contribution in [0.4, 0.5) is 0 Å². The number of aromatic nitrogens is 1. The Hall–Kier alpha value is -1.77. The normalized spacial score (nSPS) is 20.0. The number of aromatic amines is 1. The van der Waals surface area contributed by atoms with E-state index in [0.717, 1.165) is 17.4 Å². The topological polar surface area (TPSA) is 44.9 Å². The van der Waals surface area contributed by atoms with Crippen molar-refractivity contribution in [2.24, 2.45) is 16.7 Å². The van der Waals surface area contributed by atoms with E-state index in [1.54, 1.807) is 0 Å². The average molecular weight is 270 g/mol. The van der Waals surface area contributed by atoms with Crippen LogP contribution < -0.4 is 5.32 Å². The molecule has 3 nitrogen and oxygen atoms in total. The fourth-order valence-corrected chi connectivity index (χ4v) is 3.33. The second kappa shape index (κ2) is 4.11. The van der Waals surface area contributed by atoms with Gasteiger partial charge in [-0.3, -0.25) is 4.79 Å². The van der Waals surface area contributed by atoms with Crippen molar-refractivity contribution in [1.29, 1.82) is 0 Å². The molecule has 0 unspecified atom stereocenters. The first-order chi connectivity index (χ1) is 9.34. The van der Waals surface area contributed by atoms with Gasteiger partial charge < -0.3 is 10.3 Å². The van der Waals surface area contributed by atoms with E-state index in [0.29, 0.717) is 22.4 Å². The number of carbonyl (C=O) groups excluding carboxylic acids is 1. The molecular formula is C17H22N2O. The molecule has 1 aromatic carbocycles. The molecule has 2 aromatic rings. The molecule has 3 heteroatoms. The largest absolute Gasteiger partial charge is 0.351 e. The summed E-state index contributed by atoms with van der Waals surface area (Å²) in [7, 11) is 0. The first-order valence-electron chi connectivity index (χ1n) is 7.20. The summed E-state index contributed by atoms with van der Waals surface area (Å²) in [4.78, 5) is 15.4. The van der Waals surface area contributed by atoms with Gasteiger partial charge in [0.15, 0.2) is 0 Å². The lowest BCUT2D eigenvalue weighted by Crippen LogP contribution is -2.27. The van der Waals surface area contributed by atoms with Crippen molar-refractivity contribution >= 4 is 16.8 Å². The van der Waals surface area contributed by atoms with Gasteiger partial charge in [0, 0.05) is 17.4 Å². The standard InChI is InChI=1S/C17H22N2O/c1-16(2)14(17(16,3)4)10-18-15(20)13-9-11-7-5-6-8-12(11)19-13/h5-9,14,19H,10H2,1-4H3,(H,18,20). The number of carbonyl (C=O) groups is 1. The number of hydrogen-bond donors (Lipinski definition) is 2. The monoisotopic (exact) mass is 270 g/mol. The molecule has 20 heavy (non-hydrogen) atoms. The molecule has 1 aliphatic rings. The fraction of sp³-hybridized carbons (Fsp3) is 0.471. The zero-order valence-electron chi connectivity index (χ0n) is 12.6. The van der Waals surface area contributed by atoms with Crippen LogP contribution >= 0.6 is 0 Å². The lowest BCUT2D eigenvalue weighted by atomic mass is 10.0. The predicted octanol–water partition coefficient (Wildman–Crippen LogP) is 3.58. The highest BCUT2D eigenvalue weighted by molar-refractivity contribution is 5.97. The molecule has 1 fully saturated rings. The molecule has 0 saturated heterocycles. The quantitative estimate of drug-likeness (QED) is 0.879. The second-order valence-electron chi connectivity index (χ2n) is 6.98. The van der Waals surface area contributed by atoms with E-state index in [1.807, 2.05) is 30.3 Å². The van der Waals surface area contributed by atoms with Gasteiger partial charge in [-0.05, 0) is 28.9 Å². The molecule has 2 N–H and O–H groups in total. The molecule has 0 spiro atoms. The lowest BCUT2D eigenvalue weighted by molar-refractivity contribution is 0.0945. The summed E-state index contributed by atoms with van der Waals surface area (Å²) in [5, 5.41) is 4.14. The minimum atomic E-state index is -0.0142. The van der Waals surface area contributed by atoms with Crippen molar-refractivity contribution in [3.63, 3.8) is 0 Å². The lowest BCUT2D eigenvalue weighted by Gasteiger charge is -2.04. The highest BCUT2D eigenvalue weighted by Gasteiger charge is 2.64. The minimum absolute atomic E-state index is 0.0142. The first-order valence-corrected chi connectivity index (χ1v) is 7.20. The van der Waals surface area contributed by atoms with Crippen LogP contribution in [0.3, 0.4) is 0 Å². The second-order valence-corrected chi connectivity index (χ2v) is 6.98. The molecular weight excluding hydrogens is 248 g/mol. The zero-order valence-corrected chi connectivity index (χ0v) is 12.6. The van der Waals surface area contributed by atoms with Crippen molar-refractivity contribution in [3.8, 4) is 0 Å². The van der Waals surface area contributed by atoms with Crippen LogP contribution in [0.2, 0.25) is 0 Å². The van der Waals surface area contributed by atoms with E-state index in [9.17, 15) is 4.79 Å². The summed E-state index contributed by atoms with van der Waals surface area (Å²) >= 11 is 0. The van der Waals surface area contributed by atoms with Crippen LogP contribution in [-0.4, -0.2) is 17.4 Å². The van der Waals surface area contributed by atoms with E-state index in [-0.39, 0.29) is 5.91 Å². The Bertz CT molecular complexity index is 619. The maximum atomic E-state index is 12.2.